The Hall–Kier alpha value is -2.26. The fourth-order valence-corrected chi connectivity index (χ4v) is 4.43. The van der Waals surface area contributed by atoms with Crippen LogP contribution in [-0.4, -0.2) is 61.2 Å². The zero-order valence-corrected chi connectivity index (χ0v) is 15.8. The van der Waals surface area contributed by atoms with Crippen molar-refractivity contribution in [1.82, 2.24) is 23.6 Å². The van der Waals surface area contributed by atoms with Crippen molar-refractivity contribution in [1.29, 1.82) is 0 Å². The Bertz CT molecular complexity index is 972. The van der Waals surface area contributed by atoms with Crippen LogP contribution in [-0.2, 0) is 30.2 Å². The van der Waals surface area contributed by atoms with E-state index in [2.05, 4.69) is 9.88 Å². The van der Waals surface area contributed by atoms with Crippen molar-refractivity contribution in [3.8, 4) is 0 Å². The SMILES string of the molecule is Cn1c(=O)c2c(ncn2CCOCCN2C3CCC2CC(=O)C3)n(C)c1=O. The van der Waals surface area contributed by atoms with Gasteiger partial charge in [0.25, 0.3) is 5.56 Å². The van der Waals surface area contributed by atoms with Crippen LogP contribution in [0.4, 0.5) is 0 Å². The molecule has 0 amide bonds. The van der Waals surface area contributed by atoms with E-state index in [0.717, 1.165) is 24.0 Å². The van der Waals surface area contributed by atoms with E-state index in [-0.39, 0.29) is 11.2 Å². The number of ketones is 1. The highest BCUT2D eigenvalue weighted by molar-refractivity contribution is 5.81. The Balaban J connectivity index is 1.35. The Morgan fingerprint density at radius 1 is 1.04 bits per heavy atom. The molecule has 2 aliphatic heterocycles. The summed E-state index contributed by atoms with van der Waals surface area (Å²) in [7, 11) is 3.07. The molecule has 2 bridgehead atoms. The summed E-state index contributed by atoms with van der Waals surface area (Å²) in [4.78, 5) is 42.7. The maximum atomic E-state index is 12.4. The highest BCUT2D eigenvalue weighted by atomic mass is 16.5. The lowest BCUT2D eigenvalue weighted by Crippen LogP contribution is -2.44. The van der Waals surface area contributed by atoms with Crippen molar-refractivity contribution in [2.75, 3.05) is 19.8 Å². The summed E-state index contributed by atoms with van der Waals surface area (Å²) in [6.07, 6.45) is 5.16. The molecule has 2 aromatic rings. The average molecular weight is 375 g/mol. The fraction of sp³-hybridized carbons (Fsp3) is 0.667. The van der Waals surface area contributed by atoms with Gasteiger partial charge in [0, 0.05) is 52.1 Å². The van der Waals surface area contributed by atoms with E-state index in [4.69, 9.17) is 4.74 Å². The van der Waals surface area contributed by atoms with Gasteiger partial charge < -0.3 is 9.30 Å². The van der Waals surface area contributed by atoms with Gasteiger partial charge in [0.1, 0.15) is 5.78 Å². The molecule has 2 aliphatic rings. The minimum atomic E-state index is -0.386. The van der Waals surface area contributed by atoms with E-state index >= 15 is 0 Å². The predicted octanol–water partition coefficient (Wildman–Crippen LogP) is -0.354. The van der Waals surface area contributed by atoms with Gasteiger partial charge in [-0.15, -0.1) is 0 Å². The van der Waals surface area contributed by atoms with Gasteiger partial charge in [0.15, 0.2) is 11.2 Å². The summed E-state index contributed by atoms with van der Waals surface area (Å²) in [6, 6.07) is 0.781. The first-order valence-corrected chi connectivity index (χ1v) is 9.43. The van der Waals surface area contributed by atoms with Gasteiger partial charge in [-0.3, -0.25) is 23.6 Å². The van der Waals surface area contributed by atoms with E-state index in [1.54, 1.807) is 17.9 Å². The molecule has 2 atom stereocenters. The second-order valence-corrected chi connectivity index (χ2v) is 7.50. The highest BCUT2D eigenvalue weighted by Crippen LogP contribution is 2.33. The van der Waals surface area contributed by atoms with Crippen molar-refractivity contribution in [2.45, 2.75) is 44.3 Å². The van der Waals surface area contributed by atoms with E-state index in [1.165, 1.54) is 11.6 Å². The number of hydrogen-bond acceptors (Lipinski definition) is 6. The molecular formula is C18H25N5O4. The van der Waals surface area contributed by atoms with Gasteiger partial charge in [-0.05, 0) is 12.8 Å². The van der Waals surface area contributed by atoms with Crippen molar-refractivity contribution in [3.05, 3.63) is 27.2 Å². The third kappa shape index (κ3) is 3.14. The van der Waals surface area contributed by atoms with Gasteiger partial charge in [-0.2, -0.15) is 0 Å². The van der Waals surface area contributed by atoms with Gasteiger partial charge in [0.2, 0.25) is 0 Å². The normalized spacial score (nSPS) is 22.8. The molecule has 0 radical (unpaired) electrons. The average Bonchev–Trinajstić information content (AvgIpc) is 3.17. The molecule has 2 aromatic heterocycles. The summed E-state index contributed by atoms with van der Waals surface area (Å²) in [5.41, 5.74) is 0.0669. The lowest BCUT2D eigenvalue weighted by atomic mass is 10.0. The van der Waals surface area contributed by atoms with Crippen LogP contribution in [0.1, 0.15) is 25.7 Å². The van der Waals surface area contributed by atoms with Crippen LogP contribution in [0.15, 0.2) is 15.9 Å². The number of Topliss-reactive ketones (excluding diaryl/α,β-unsaturated/α-hetero) is 1. The van der Waals surface area contributed by atoms with E-state index < -0.39 is 0 Å². The molecule has 0 aliphatic carbocycles. The maximum Gasteiger partial charge on any atom is 0.332 e. The number of aryl methyl sites for hydroxylation is 1. The number of ether oxygens (including phenoxy) is 1. The molecule has 0 N–H and O–H groups in total. The second kappa shape index (κ2) is 7.05. The molecule has 9 heteroatoms. The first-order chi connectivity index (χ1) is 13.0. The van der Waals surface area contributed by atoms with Gasteiger partial charge in [0.05, 0.1) is 19.5 Å². The van der Waals surface area contributed by atoms with Crippen LogP contribution in [0.3, 0.4) is 0 Å². The lowest BCUT2D eigenvalue weighted by Gasteiger charge is -2.33. The van der Waals surface area contributed by atoms with Crippen molar-refractivity contribution >= 4 is 16.9 Å². The van der Waals surface area contributed by atoms with Gasteiger partial charge in [-0.25, -0.2) is 9.78 Å². The zero-order valence-electron chi connectivity index (χ0n) is 15.8. The molecule has 0 saturated carbocycles. The summed E-state index contributed by atoms with van der Waals surface area (Å²) in [6.45, 7) is 2.39. The van der Waals surface area contributed by atoms with E-state index in [1.807, 2.05) is 0 Å². The number of nitrogens with zero attached hydrogens (tertiary/aromatic N) is 5. The summed E-state index contributed by atoms with van der Waals surface area (Å²) < 4.78 is 9.99. The molecule has 4 rings (SSSR count). The van der Waals surface area contributed by atoms with Crippen LogP contribution in [0.25, 0.3) is 11.2 Å². The molecule has 0 aromatic carbocycles. The smallest absolute Gasteiger partial charge is 0.332 e. The molecular weight excluding hydrogens is 350 g/mol. The van der Waals surface area contributed by atoms with Crippen molar-refractivity contribution in [3.63, 3.8) is 0 Å². The van der Waals surface area contributed by atoms with Crippen LogP contribution >= 0.6 is 0 Å². The molecule has 2 fully saturated rings. The van der Waals surface area contributed by atoms with Crippen molar-refractivity contribution in [2.24, 2.45) is 14.1 Å². The molecule has 27 heavy (non-hydrogen) atoms. The van der Waals surface area contributed by atoms with E-state index in [9.17, 15) is 14.4 Å². The number of hydrogen-bond donors (Lipinski definition) is 0. The first kappa shape index (κ1) is 18.1. The van der Waals surface area contributed by atoms with Gasteiger partial charge in [-0.1, -0.05) is 0 Å². The van der Waals surface area contributed by atoms with Crippen LogP contribution in [0, 0.1) is 0 Å². The largest absolute Gasteiger partial charge is 0.378 e. The fourth-order valence-electron chi connectivity index (χ4n) is 4.43. The topological polar surface area (TPSA) is 91.4 Å². The Morgan fingerprint density at radius 3 is 2.41 bits per heavy atom. The number of aromatic nitrogens is 4. The maximum absolute atomic E-state index is 12.4. The van der Waals surface area contributed by atoms with Crippen LogP contribution in [0.2, 0.25) is 0 Å². The lowest BCUT2D eigenvalue weighted by molar-refractivity contribution is -0.123. The highest BCUT2D eigenvalue weighted by Gasteiger charge is 2.39. The number of carbonyl (C=O) groups is 1. The number of fused-ring (bicyclic) bond motifs is 3. The Kier molecular flexibility index (Phi) is 4.73. The summed E-state index contributed by atoms with van der Waals surface area (Å²) >= 11 is 0. The number of rotatable bonds is 6. The monoisotopic (exact) mass is 375 g/mol. The molecule has 4 heterocycles. The van der Waals surface area contributed by atoms with E-state index in [0.29, 0.717) is 61.6 Å². The molecule has 9 nitrogen and oxygen atoms in total. The first-order valence-electron chi connectivity index (χ1n) is 9.43. The molecule has 2 unspecified atom stereocenters. The Morgan fingerprint density at radius 2 is 1.70 bits per heavy atom. The zero-order chi connectivity index (χ0) is 19.1. The standard InChI is InChI=1S/C18H25N5O4/c1-20-16-15(17(25)21(2)18(20)26)22(11-19-16)5-7-27-8-6-23-12-3-4-13(23)10-14(24)9-12/h11-13H,3-10H2,1-2H3. The quantitative estimate of drug-likeness (QED) is 0.641. The number of imidazole rings is 1. The third-order valence-corrected chi connectivity index (χ3v) is 5.89. The molecule has 0 spiro atoms. The minimum absolute atomic E-state index is 0.347. The summed E-state index contributed by atoms with van der Waals surface area (Å²) in [5.74, 6) is 0.391. The third-order valence-electron chi connectivity index (χ3n) is 5.89. The summed E-state index contributed by atoms with van der Waals surface area (Å²) in [5, 5.41) is 0. The van der Waals surface area contributed by atoms with Crippen molar-refractivity contribution < 1.29 is 9.53 Å². The number of carbonyl (C=O) groups excluding carboxylic acids is 1. The predicted molar refractivity (Wildman–Crippen MR) is 98.8 cm³/mol. The second-order valence-electron chi connectivity index (χ2n) is 7.50. The number of piperidine rings is 1. The van der Waals surface area contributed by atoms with Crippen LogP contribution in [0.5, 0.6) is 0 Å². The van der Waals surface area contributed by atoms with Crippen LogP contribution < -0.4 is 11.2 Å². The molecule has 2 saturated heterocycles. The van der Waals surface area contributed by atoms with Gasteiger partial charge >= 0.3 is 5.69 Å². The minimum Gasteiger partial charge on any atom is -0.378 e. The molecule has 146 valence electrons. The Labute approximate surface area is 156 Å².